The summed E-state index contributed by atoms with van der Waals surface area (Å²) in [5.41, 5.74) is 4.41. The van der Waals surface area contributed by atoms with E-state index < -0.39 is 0 Å². The van der Waals surface area contributed by atoms with Crippen LogP contribution < -0.4 is 5.32 Å². The lowest BCUT2D eigenvalue weighted by atomic mass is 10.0. The van der Waals surface area contributed by atoms with Crippen LogP contribution in [0.5, 0.6) is 0 Å². The van der Waals surface area contributed by atoms with E-state index in [9.17, 15) is 4.79 Å². The van der Waals surface area contributed by atoms with Gasteiger partial charge in [-0.2, -0.15) is 0 Å². The van der Waals surface area contributed by atoms with Crippen molar-refractivity contribution in [3.8, 4) is 0 Å². The molecule has 3 nitrogen and oxygen atoms in total. The van der Waals surface area contributed by atoms with Gasteiger partial charge in [0.25, 0.3) is 0 Å². The van der Waals surface area contributed by atoms with Crippen LogP contribution in [0.1, 0.15) is 41.3 Å². The quantitative estimate of drug-likeness (QED) is 0.917. The maximum Gasteiger partial charge on any atom is 0.224 e. The zero-order chi connectivity index (χ0) is 15.5. The lowest BCUT2D eigenvalue weighted by Gasteiger charge is -2.19. The van der Waals surface area contributed by atoms with Crippen LogP contribution in [0, 0.1) is 19.8 Å². The fourth-order valence-corrected chi connectivity index (χ4v) is 2.89. The number of rotatable bonds is 5. The molecule has 1 atom stereocenters. The number of amides is 1. The molecule has 0 radical (unpaired) electrons. The summed E-state index contributed by atoms with van der Waals surface area (Å²) in [5.74, 6) is 0.614. The van der Waals surface area contributed by atoms with Crippen molar-refractivity contribution in [1.82, 2.24) is 10.3 Å². The largest absolute Gasteiger partial charge is 0.347 e. The topological polar surface area (TPSA) is 42.0 Å². The van der Waals surface area contributed by atoms with Crippen molar-refractivity contribution in [3.05, 3.63) is 65.0 Å². The van der Waals surface area contributed by atoms with Gasteiger partial charge in [-0.1, -0.05) is 35.9 Å². The Bertz CT molecular complexity index is 677. The van der Waals surface area contributed by atoms with E-state index in [1.165, 1.54) is 18.4 Å². The molecule has 2 aromatic rings. The van der Waals surface area contributed by atoms with Crippen LogP contribution in [0.15, 0.2) is 42.6 Å². The number of nitrogens with zero attached hydrogens (tertiary/aromatic N) is 1. The molecule has 3 heteroatoms. The van der Waals surface area contributed by atoms with E-state index >= 15 is 0 Å². The Labute approximate surface area is 131 Å². The number of benzene rings is 1. The van der Waals surface area contributed by atoms with E-state index in [0.29, 0.717) is 12.3 Å². The number of carbonyl (C=O) groups excluding carboxylic acids is 1. The minimum absolute atomic E-state index is 0.0542. The summed E-state index contributed by atoms with van der Waals surface area (Å²) >= 11 is 0. The molecule has 0 aliphatic heterocycles. The second-order valence-electron chi connectivity index (χ2n) is 6.25. The number of pyridine rings is 1. The predicted molar refractivity (Wildman–Crippen MR) is 87.5 cm³/mol. The second-order valence-corrected chi connectivity index (χ2v) is 6.25. The van der Waals surface area contributed by atoms with Crippen LogP contribution in [0.3, 0.4) is 0 Å². The highest BCUT2D eigenvalue weighted by Crippen LogP contribution is 2.41. The molecule has 1 saturated carbocycles. The molecule has 1 fully saturated rings. The van der Waals surface area contributed by atoms with Crippen molar-refractivity contribution < 1.29 is 4.79 Å². The molecule has 114 valence electrons. The summed E-state index contributed by atoms with van der Waals surface area (Å²) in [5, 5.41) is 3.20. The van der Waals surface area contributed by atoms with Crippen LogP contribution in [-0.2, 0) is 11.2 Å². The number of carbonyl (C=O) groups is 1. The van der Waals surface area contributed by atoms with Gasteiger partial charge in [0.2, 0.25) is 5.91 Å². The fraction of sp³-hybridized carbons (Fsp3) is 0.368. The maximum atomic E-state index is 12.4. The Morgan fingerprint density at radius 1 is 1.27 bits per heavy atom. The van der Waals surface area contributed by atoms with E-state index in [0.717, 1.165) is 16.8 Å². The van der Waals surface area contributed by atoms with Crippen molar-refractivity contribution in [1.29, 1.82) is 0 Å². The second kappa shape index (κ2) is 6.30. The van der Waals surface area contributed by atoms with E-state index in [4.69, 9.17) is 0 Å². The molecule has 0 spiro atoms. The van der Waals surface area contributed by atoms with E-state index in [-0.39, 0.29) is 11.9 Å². The third-order valence-corrected chi connectivity index (χ3v) is 4.20. The van der Waals surface area contributed by atoms with Crippen molar-refractivity contribution >= 4 is 5.91 Å². The molecule has 1 N–H and O–H groups in total. The summed E-state index contributed by atoms with van der Waals surface area (Å²) < 4.78 is 0. The highest BCUT2D eigenvalue weighted by atomic mass is 16.1. The van der Waals surface area contributed by atoms with Crippen LogP contribution in [-0.4, -0.2) is 10.9 Å². The van der Waals surface area contributed by atoms with Gasteiger partial charge in [-0.3, -0.25) is 9.78 Å². The average Bonchev–Trinajstić information content (AvgIpc) is 3.30. The number of hydrogen-bond donors (Lipinski definition) is 1. The van der Waals surface area contributed by atoms with E-state index in [2.05, 4.69) is 29.4 Å². The Hall–Kier alpha value is -2.16. The van der Waals surface area contributed by atoms with Gasteiger partial charge < -0.3 is 5.32 Å². The third-order valence-electron chi connectivity index (χ3n) is 4.20. The molecular weight excluding hydrogens is 272 g/mol. The Kier molecular flexibility index (Phi) is 4.23. The molecule has 1 heterocycles. The van der Waals surface area contributed by atoms with Gasteiger partial charge in [-0.25, -0.2) is 0 Å². The highest BCUT2D eigenvalue weighted by Gasteiger charge is 2.34. The van der Waals surface area contributed by atoms with Gasteiger partial charge >= 0.3 is 0 Å². The van der Waals surface area contributed by atoms with Crippen LogP contribution in [0.25, 0.3) is 0 Å². The van der Waals surface area contributed by atoms with Gasteiger partial charge in [0, 0.05) is 6.20 Å². The van der Waals surface area contributed by atoms with Gasteiger partial charge in [-0.05, 0) is 49.8 Å². The monoisotopic (exact) mass is 294 g/mol. The molecule has 3 rings (SSSR count). The molecule has 0 saturated heterocycles. The lowest BCUT2D eigenvalue weighted by Crippen LogP contribution is -2.32. The normalized spacial score (nSPS) is 15.4. The Morgan fingerprint density at radius 2 is 2.09 bits per heavy atom. The van der Waals surface area contributed by atoms with Crippen LogP contribution >= 0.6 is 0 Å². The van der Waals surface area contributed by atoms with Crippen LogP contribution in [0.4, 0.5) is 0 Å². The zero-order valence-corrected chi connectivity index (χ0v) is 13.2. The molecule has 1 aromatic heterocycles. The zero-order valence-electron chi connectivity index (χ0n) is 13.2. The molecule has 1 aromatic carbocycles. The van der Waals surface area contributed by atoms with E-state index in [1.54, 1.807) is 0 Å². The minimum atomic E-state index is 0.0542. The number of hydrogen-bond acceptors (Lipinski definition) is 2. The molecule has 22 heavy (non-hydrogen) atoms. The maximum absolute atomic E-state index is 12.4. The first-order chi connectivity index (χ1) is 10.6. The van der Waals surface area contributed by atoms with Crippen molar-refractivity contribution in [2.24, 2.45) is 5.92 Å². The third kappa shape index (κ3) is 3.53. The first-order valence-corrected chi connectivity index (χ1v) is 7.90. The summed E-state index contributed by atoms with van der Waals surface area (Å²) in [4.78, 5) is 16.9. The summed E-state index contributed by atoms with van der Waals surface area (Å²) in [6, 6.07) is 12.2. The average molecular weight is 294 g/mol. The summed E-state index contributed by atoms with van der Waals surface area (Å²) in [6.45, 7) is 4.11. The van der Waals surface area contributed by atoms with Crippen molar-refractivity contribution in [2.75, 3.05) is 0 Å². The minimum Gasteiger partial charge on any atom is -0.347 e. The summed E-state index contributed by atoms with van der Waals surface area (Å²) in [7, 11) is 0. The van der Waals surface area contributed by atoms with Crippen molar-refractivity contribution in [2.45, 2.75) is 39.2 Å². The van der Waals surface area contributed by atoms with Gasteiger partial charge in [-0.15, -0.1) is 0 Å². The molecule has 0 unspecified atom stereocenters. The molecule has 1 aliphatic carbocycles. The van der Waals surface area contributed by atoms with Gasteiger partial charge in [0.1, 0.15) is 0 Å². The summed E-state index contributed by atoms with van der Waals surface area (Å²) in [6.07, 6.45) is 4.58. The predicted octanol–water partition coefficient (Wildman–Crippen LogP) is 3.51. The van der Waals surface area contributed by atoms with Gasteiger partial charge in [0.15, 0.2) is 0 Å². The SMILES string of the molecule is Cc1cccc(CC(=O)N[C@H](c2ncccc2C)C2CC2)c1. The number of aryl methyl sites for hydroxylation is 2. The first-order valence-electron chi connectivity index (χ1n) is 7.90. The molecule has 1 amide bonds. The lowest BCUT2D eigenvalue weighted by molar-refractivity contribution is -0.121. The smallest absolute Gasteiger partial charge is 0.224 e. The highest BCUT2D eigenvalue weighted by molar-refractivity contribution is 5.79. The first kappa shape index (κ1) is 14.8. The molecular formula is C19H22N2O. The Balaban J connectivity index is 1.72. The van der Waals surface area contributed by atoms with Crippen LogP contribution in [0.2, 0.25) is 0 Å². The standard InChI is InChI=1S/C19H22N2O/c1-13-5-3-7-15(11-13)12-17(22)21-19(16-8-9-16)18-14(2)6-4-10-20-18/h3-7,10-11,16,19H,8-9,12H2,1-2H3,(H,21,22)/t19-/m0/s1. The Morgan fingerprint density at radius 3 is 2.77 bits per heavy atom. The fourth-order valence-electron chi connectivity index (χ4n) is 2.89. The van der Waals surface area contributed by atoms with Crippen molar-refractivity contribution in [3.63, 3.8) is 0 Å². The molecule has 0 bridgehead atoms. The molecule has 1 aliphatic rings. The van der Waals surface area contributed by atoms with Gasteiger partial charge in [0.05, 0.1) is 18.2 Å². The number of aromatic nitrogens is 1. The number of nitrogens with one attached hydrogen (secondary N) is 1. The van der Waals surface area contributed by atoms with E-state index in [1.807, 2.05) is 37.4 Å².